The van der Waals surface area contributed by atoms with Crippen LogP contribution in [0.3, 0.4) is 0 Å². The van der Waals surface area contributed by atoms with E-state index in [0.717, 1.165) is 35.6 Å². The molecule has 3 atom stereocenters. The Balaban J connectivity index is 1.70. The first-order valence-electron chi connectivity index (χ1n) is 9.25. The molecule has 0 saturated heterocycles. The zero-order valence-corrected chi connectivity index (χ0v) is 15.3. The maximum atomic E-state index is 13.4. The van der Waals surface area contributed by atoms with E-state index in [1.165, 1.54) is 0 Å². The van der Waals surface area contributed by atoms with Crippen molar-refractivity contribution in [2.24, 2.45) is 16.7 Å². The lowest BCUT2D eigenvalue weighted by molar-refractivity contribution is -0.561. The van der Waals surface area contributed by atoms with Crippen LogP contribution in [0.4, 0.5) is 0 Å². The van der Waals surface area contributed by atoms with Gasteiger partial charge in [0.05, 0.1) is 0 Å². The van der Waals surface area contributed by atoms with Gasteiger partial charge >= 0.3 is 0 Å². The summed E-state index contributed by atoms with van der Waals surface area (Å²) in [5.41, 5.74) is 2.80. The third-order valence-corrected chi connectivity index (χ3v) is 7.17. The number of nitrogens with zero attached hydrogens (tertiary/aromatic N) is 4. The van der Waals surface area contributed by atoms with Crippen molar-refractivity contribution < 1.29 is 9.39 Å². The van der Waals surface area contributed by atoms with Crippen LogP contribution >= 0.6 is 0 Å². The lowest BCUT2D eigenvalue weighted by atomic mass is 9.70. The van der Waals surface area contributed by atoms with E-state index in [1.54, 1.807) is 0 Å². The SMILES string of the molecule is [BH3-][n+]1nc([C@@H]2C(=O)C3(C)CCC2C3(C)C)n2nc(-c3ccccc3)ccc21. The predicted molar refractivity (Wildman–Crippen MR) is 106 cm³/mol. The summed E-state index contributed by atoms with van der Waals surface area (Å²) in [6, 6.07) is 14.4. The van der Waals surface area contributed by atoms with E-state index in [1.807, 2.05) is 22.7 Å². The molecule has 0 N–H and O–H groups in total. The van der Waals surface area contributed by atoms with Gasteiger partial charge in [-0.15, -0.1) is 0 Å². The van der Waals surface area contributed by atoms with Gasteiger partial charge in [0.15, 0.2) is 13.8 Å². The van der Waals surface area contributed by atoms with Crippen molar-refractivity contribution >= 4 is 19.4 Å². The van der Waals surface area contributed by atoms with Crippen LogP contribution in [0.15, 0.2) is 42.5 Å². The average molecular weight is 360 g/mol. The second-order valence-corrected chi connectivity index (χ2v) is 8.45. The highest BCUT2D eigenvalue weighted by Gasteiger charge is 2.68. The van der Waals surface area contributed by atoms with Crippen molar-refractivity contribution in [3.63, 3.8) is 0 Å². The molecule has 2 heterocycles. The molecule has 0 spiro atoms. The van der Waals surface area contributed by atoms with Gasteiger partial charge in [0.2, 0.25) is 0 Å². The van der Waals surface area contributed by atoms with Crippen LogP contribution in [0.25, 0.3) is 16.9 Å². The monoisotopic (exact) mass is 360 g/mol. The number of hydrogen-bond acceptors (Lipinski definition) is 3. The average Bonchev–Trinajstić information content (AvgIpc) is 3.16. The maximum Gasteiger partial charge on any atom is 0.281 e. The van der Waals surface area contributed by atoms with E-state index < -0.39 is 0 Å². The van der Waals surface area contributed by atoms with Crippen molar-refractivity contribution in [2.45, 2.75) is 39.5 Å². The number of aromatic nitrogens is 4. The van der Waals surface area contributed by atoms with E-state index >= 15 is 0 Å². The van der Waals surface area contributed by atoms with Gasteiger partial charge in [0, 0.05) is 17.0 Å². The molecule has 2 unspecified atom stereocenters. The van der Waals surface area contributed by atoms with Gasteiger partial charge in [0.1, 0.15) is 11.6 Å². The Hall–Kier alpha value is -2.50. The van der Waals surface area contributed by atoms with E-state index in [2.05, 4.69) is 49.6 Å². The summed E-state index contributed by atoms with van der Waals surface area (Å²) in [5, 5.41) is 9.80. The fourth-order valence-corrected chi connectivity index (χ4v) is 5.15. The number of carbonyl (C=O) groups excluding carboxylic acids is 1. The number of benzene rings is 1. The Morgan fingerprint density at radius 2 is 1.89 bits per heavy atom. The molecule has 27 heavy (non-hydrogen) atoms. The first-order chi connectivity index (χ1) is 12.8. The summed E-state index contributed by atoms with van der Waals surface area (Å²) in [6.07, 6.45) is 2.10. The predicted octanol–water partition coefficient (Wildman–Crippen LogP) is 1.92. The highest BCUT2D eigenvalue weighted by atomic mass is 16.1. The van der Waals surface area contributed by atoms with Crippen LogP contribution in [-0.4, -0.2) is 28.5 Å². The maximum absolute atomic E-state index is 13.4. The largest absolute Gasteiger partial charge is 0.336 e. The number of carbonyl (C=O) groups is 1. The molecule has 2 aliphatic rings. The quantitative estimate of drug-likeness (QED) is 0.656. The molecule has 0 amide bonds. The van der Waals surface area contributed by atoms with Crippen LogP contribution in [0.5, 0.6) is 0 Å². The number of ketones is 1. The Kier molecular flexibility index (Phi) is 3.26. The van der Waals surface area contributed by atoms with Gasteiger partial charge in [-0.3, -0.25) is 4.79 Å². The minimum absolute atomic E-state index is 0.0166. The number of hydrogen-bond donors (Lipinski definition) is 0. The summed E-state index contributed by atoms with van der Waals surface area (Å²) in [4.78, 5) is 13.4. The molecule has 0 aliphatic heterocycles. The molecule has 2 bridgehead atoms. The zero-order valence-electron chi connectivity index (χ0n) is 15.3. The molecule has 6 heteroatoms. The fourth-order valence-electron chi connectivity index (χ4n) is 5.15. The Bertz CT molecular complexity index is 1070. The van der Waals surface area contributed by atoms with Crippen molar-refractivity contribution in [1.29, 1.82) is 0 Å². The van der Waals surface area contributed by atoms with Crippen molar-refractivity contribution in [2.75, 3.05) is 0 Å². The highest BCUT2D eigenvalue weighted by Crippen LogP contribution is 2.67. The van der Waals surface area contributed by atoms with Crippen molar-refractivity contribution in [3.8, 4) is 11.3 Å². The minimum atomic E-state index is -0.240. The summed E-state index contributed by atoms with van der Waals surface area (Å²) in [7, 11) is -0.170. The van der Waals surface area contributed by atoms with E-state index in [9.17, 15) is 4.79 Å². The normalized spacial score (nSPS) is 29.0. The lowest BCUT2D eigenvalue weighted by Crippen LogP contribution is -2.35. The molecular formula is C21H25BN4O. The Morgan fingerprint density at radius 3 is 2.56 bits per heavy atom. The standard InChI is InChI=1S/C21H25BN4O/c1-20(2)14-11-12-21(20,3)18(27)17(14)19-24-26(22)16-10-9-15(23-25(16)19)13-7-5-4-6-8-13/h4-10,14,17H,11-12H2,1-3,22H3/t14?,17-,21?/m0/s1. The second-order valence-electron chi connectivity index (χ2n) is 8.45. The molecule has 0 radical (unpaired) electrons. The smallest absolute Gasteiger partial charge is 0.281 e. The fraction of sp³-hybridized carbons (Fsp3) is 0.429. The highest BCUT2D eigenvalue weighted by molar-refractivity contribution is 5.96. The van der Waals surface area contributed by atoms with Gasteiger partial charge < -0.3 is 4.59 Å². The molecule has 2 aromatic heterocycles. The topological polar surface area (TPSA) is 51.1 Å². The summed E-state index contributed by atoms with van der Waals surface area (Å²) in [5.74, 6) is 1.43. The summed E-state index contributed by atoms with van der Waals surface area (Å²) in [6.45, 7) is 6.70. The summed E-state index contributed by atoms with van der Waals surface area (Å²) >= 11 is 0. The Morgan fingerprint density at radius 1 is 1.15 bits per heavy atom. The van der Waals surface area contributed by atoms with Crippen molar-refractivity contribution in [3.05, 3.63) is 48.3 Å². The molecule has 2 fully saturated rings. The van der Waals surface area contributed by atoms with Crippen LogP contribution in [0.2, 0.25) is 0 Å². The van der Waals surface area contributed by atoms with Gasteiger partial charge in [-0.05, 0) is 30.2 Å². The Labute approximate surface area is 159 Å². The second kappa shape index (κ2) is 5.28. The number of rotatable bonds is 2. The zero-order chi connectivity index (χ0) is 19.0. The van der Waals surface area contributed by atoms with Crippen LogP contribution in [-0.2, 0) is 4.79 Å². The molecule has 1 aromatic carbocycles. The molecule has 2 aliphatic carbocycles. The molecular weight excluding hydrogens is 335 g/mol. The molecule has 138 valence electrons. The van der Waals surface area contributed by atoms with E-state index in [4.69, 9.17) is 10.2 Å². The van der Waals surface area contributed by atoms with Crippen LogP contribution in [0, 0.1) is 16.7 Å². The summed E-state index contributed by atoms with van der Waals surface area (Å²) < 4.78 is 4.05. The van der Waals surface area contributed by atoms with Gasteiger partial charge in [-0.2, -0.15) is 0 Å². The molecule has 2 saturated carbocycles. The first-order valence-corrected chi connectivity index (χ1v) is 9.25. The van der Waals surface area contributed by atoms with Gasteiger partial charge in [-0.25, -0.2) is 0 Å². The van der Waals surface area contributed by atoms with E-state index in [-0.39, 0.29) is 24.7 Å². The number of Topliss-reactive ketones (excluding diaryl/α,β-unsaturated/α-hetero) is 1. The minimum Gasteiger partial charge on any atom is -0.336 e. The van der Waals surface area contributed by atoms with Crippen molar-refractivity contribution in [1.82, 2.24) is 14.7 Å². The van der Waals surface area contributed by atoms with Gasteiger partial charge in [-0.1, -0.05) is 65.8 Å². The number of fused-ring (bicyclic) bond motifs is 3. The first kappa shape index (κ1) is 16.7. The third-order valence-electron chi connectivity index (χ3n) is 7.17. The van der Waals surface area contributed by atoms with Gasteiger partial charge in [0.25, 0.3) is 11.5 Å². The van der Waals surface area contributed by atoms with Crippen LogP contribution < -0.4 is 4.59 Å². The molecule has 5 rings (SSSR count). The molecule has 3 aromatic rings. The lowest BCUT2D eigenvalue weighted by Gasteiger charge is -2.32. The molecule has 5 nitrogen and oxygen atoms in total. The third kappa shape index (κ3) is 2.01. The van der Waals surface area contributed by atoms with E-state index in [0.29, 0.717) is 11.7 Å². The van der Waals surface area contributed by atoms with Crippen LogP contribution in [0.1, 0.15) is 45.4 Å².